The maximum Gasteiger partial charge on any atom is 0.247 e. The summed E-state index contributed by atoms with van der Waals surface area (Å²) in [5.41, 5.74) is 4.78. The molecule has 0 bridgehead atoms. The first kappa shape index (κ1) is 17.0. The van der Waals surface area contributed by atoms with E-state index in [0.717, 1.165) is 33.3 Å². The Morgan fingerprint density at radius 2 is 1.93 bits per heavy atom. The highest BCUT2D eigenvalue weighted by Gasteiger charge is 2.11. The van der Waals surface area contributed by atoms with Crippen LogP contribution in [0.25, 0.3) is 22.4 Å². The van der Waals surface area contributed by atoms with Crippen molar-refractivity contribution in [3.05, 3.63) is 65.7 Å². The first-order valence-electron chi connectivity index (χ1n) is 8.76. The van der Waals surface area contributed by atoms with Gasteiger partial charge in [0.1, 0.15) is 6.54 Å². The van der Waals surface area contributed by atoms with E-state index in [4.69, 9.17) is 4.42 Å². The molecule has 27 heavy (non-hydrogen) atoms. The molecule has 0 aliphatic heterocycles. The Balaban J connectivity index is 1.60. The van der Waals surface area contributed by atoms with Gasteiger partial charge in [-0.15, -0.1) is 10.2 Å². The molecule has 6 heteroatoms. The number of anilines is 1. The molecule has 4 rings (SSSR count). The van der Waals surface area contributed by atoms with Gasteiger partial charge in [0.25, 0.3) is 0 Å². The summed E-state index contributed by atoms with van der Waals surface area (Å²) >= 11 is 0. The van der Waals surface area contributed by atoms with Gasteiger partial charge in [0.15, 0.2) is 0 Å². The van der Waals surface area contributed by atoms with Gasteiger partial charge in [-0.3, -0.25) is 4.79 Å². The standard InChI is InChI=1S/C21H20N4O2/c1-13-4-5-14(2)18(10-13)22-20(26)12-25-9-8-16-6-7-17(11-19(16)25)21-24-23-15(3)27-21/h4-11H,12H2,1-3H3,(H,22,26). The third-order valence-corrected chi connectivity index (χ3v) is 4.53. The van der Waals surface area contributed by atoms with Gasteiger partial charge < -0.3 is 14.3 Å². The summed E-state index contributed by atoms with van der Waals surface area (Å²) in [5.74, 6) is 0.926. The molecule has 0 atom stereocenters. The van der Waals surface area contributed by atoms with E-state index in [1.165, 1.54) is 0 Å². The molecule has 0 saturated carbocycles. The molecule has 2 aromatic heterocycles. The van der Waals surface area contributed by atoms with Crippen molar-refractivity contribution in [2.75, 3.05) is 5.32 Å². The van der Waals surface area contributed by atoms with Gasteiger partial charge in [0, 0.05) is 29.9 Å². The minimum Gasteiger partial charge on any atom is -0.421 e. The second-order valence-corrected chi connectivity index (χ2v) is 6.71. The molecule has 0 fully saturated rings. The number of fused-ring (bicyclic) bond motifs is 1. The van der Waals surface area contributed by atoms with Crippen molar-refractivity contribution in [3.63, 3.8) is 0 Å². The zero-order valence-corrected chi connectivity index (χ0v) is 15.5. The number of carbonyl (C=O) groups is 1. The molecular formula is C21H20N4O2. The van der Waals surface area contributed by atoms with Crippen LogP contribution in [0.1, 0.15) is 17.0 Å². The second-order valence-electron chi connectivity index (χ2n) is 6.71. The number of nitrogens with one attached hydrogen (secondary N) is 1. The van der Waals surface area contributed by atoms with Gasteiger partial charge in [-0.1, -0.05) is 18.2 Å². The van der Waals surface area contributed by atoms with Crippen LogP contribution in [-0.2, 0) is 11.3 Å². The summed E-state index contributed by atoms with van der Waals surface area (Å²) in [4.78, 5) is 12.6. The summed E-state index contributed by atoms with van der Waals surface area (Å²) in [5, 5.41) is 12.0. The van der Waals surface area contributed by atoms with Crippen LogP contribution in [0.4, 0.5) is 5.69 Å². The van der Waals surface area contributed by atoms with Crippen LogP contribution in [0.3, 0.4) is 0 Å². The lowest BCUT2D eigenvalue weighted by atomic mass is 10.1. The minimum atomic E-state index is -0.0692. The van der Waals surface area contributed by atoms with Gasteiger partial charge in [-0.05, 0) is 54.6 Å². The third-order valence-electron chi connectivity index (χ3n) is 4.53. The third kappa shape index (κ3) is 3.46. The van der Waals surface area contributed by atoms with E-state index in [1.54, 1.807) is 6.92 Å². The number of amides is 1. The molecule has 2 heterocycles. The number of benzene rings is 2. The average Bonchev–Trinajstić information content (AvgIpc) is 3.24. The first-order valence-corrected chi connectivity index (χ1v) is 8.76. The molecule has 0 radical (unpaired) electrons. The predicted octanol–water partition coefficient (Wildman–Crippen LogP) is 4.26. The van der Waals surface area contributed by atoms with Crippen molar-refractivity contribution in [1.82, 2.24) is 14.8 Å². The van der Waals surface area contributed by atoms with Crippen LogP contribution in [0.2, 0.25) is 0 Å². The Kier molecular flexibility index (Phi) is 4.24. The van der Waals surface area contributed by atoms with Crippen LogP contribution in [0, 0.1) is 20.8 Å². The van der Waals surface area contributed by atoms with Crippen molar-refractivity contribution in [3.8, 4) is 11.5 Å². The highest BCUT2D eigenvalue weighted by molar-refractivity contribution is 5.93. The molecule has 0 aliphatic rings. The molecule has 1 amide bonds. The maximum absolute atomic E-state index is 12.6. The zero-order chi connectivity index (χ0) is 19.0. The van der Waals surface area contributed by atoms with Gasteiger partial charge in [-0.25, -0.2) is 0 Å². The predicted molar refractivity (Wildman–Crippen MR) is 105 cm³/mol. The summed E-state index contributed by atoms with van der Waals surface area (Å²) < 4.78 is 7.43. The average molecular weight is 360 g/mol. The van der Waals surface area contributed by atoms with Crippen molar-refractivity contribution >= 4 is 22.5 Å². The molecule has 0 unspecified atom stereocenters. The molecule has 0 saturated heterocycles. The highest BCUT2D eigenvalue weighted by atomic mass is 16.4. The number of hydrogen-bond acceptors (Lipinski definition) is 4. The van der Waals surface area contributed by atoms with E-state index in [2.05, 4.69) is 15.5 Å². The van der Waals surface area contributed by atoms with Crippen LogP contribution in [0.5, 0.6) is 0 Å². The van der Waals surface area contributed by atoms with Gasteiger partial charge in [0.2, 0.25) is 17.7 Å². The van der Waals surface area contributed by atoms with Crippen LogP contribution in [-0.4, -0.2) is 20.7 Å². The van der Waals surface area contributed by atoms with E-state index >= 15 is 0 Å². The largest absolute Gasteiger partial charge is 0.421 e. The highest BCUT2D eigenvalue weighted by Crippen LogP contribution is 2.24. The second kappa shape index (κ2) is 6.72. The van der Waals surface area contributed by atoms with E-state index in [9.17, 15) is 4.79 Å². The Morgan fingerprint density at radius 3 is 2.70 bits per heavy atom. The Hall–Kier alpha value is -3.41. The fraction of sp³-hybridized carbons (Fsp3) is 0.190. The van der Waals surface area contributed by atoms with Crippen molar-refractivity contribution < 1.29 is 9.21 Å². The van der Waals surface area contributed by atoms with E-state index < -0.39 is 0 Å². The lowest BCUT2D eigenvalue weighted by molar-refractivity contribution is -0.116. The number of aromatic nitrogens is 3. The van der Waals surface area contributed by atoms with Gasteiger partial charge >= 0.3 is 0 Å². The van der Waals surface area contributed by atoms with Crippen LogP contribution >= 0.6 is 0 Å². The van der Waals surface area contributed by atoms with Gasteiger partial charge in [-0.2, -0.15) is 0 Å². The molecule has 1 N–H and O–H groups in total. The van der Waals surface area contributed by atoms with Crippen molar-refractivity contribution in [1.29, 1.82) is 0 Å². The minimum absolute atomic E-state index is 0.0692. The molecule has 6 nitrogen and oxygen atoms in total. The maximum atomic E-state index is 12.6. The summed E-state index contributed by atoms with van der Waals surface area (Å²) in [7, 11) is 0. The molecular weight excluding hydrogens is 340 g/mol. The van der Waals surface area contributed by atoms with E-state index in [0.29, 0.717) is 11.8 Å². The number of carbonyl (C=O) groups excluding carboxylic acids is 1. The molecule has 0 spiro atoms. The molecule has 4 aromatic rings. The SMILES string of the molecule is Cc1ccc(C)c(NC(=O)Cn2ccc3ccc(-c4nnc(C)o4)cc32)c1. The molecule has 0 aliphatic carbocycles. The lowest BCUT2D eigenvalue weighted by Gasteiger charge is -2.11. The Labute approximate surface area is 156 Å². The number of hydrogen-bond donors (Lipinski definition) is 1. The monoisotopic (exact) mass is 360 g/mol. The topological polar surface area (TPSA) is 73.0 Å². The fourth-order valence-corrected chi connectivity index (χ4v) is 3.08. The molecule has 2 aromatic carbocycles. The Bertz CT molecular complexity index is 1140. The van der Waals surface area contributed by atoms with Crippen molar-refractivity contribution in [2.45, 2.75) is 27.3 Å². The number of nitrogens with zero attached hydrogens (tertiary/aromatic N) is 3. The lowest BCUT2D eigenvalue weighted by Crippen LogP contribution is -2.18. The Morgan fingerprint density at radius 1 is 1.07 bits per heavy atom. The van der Waals surface area contributed by atoms with Crippen molar-refractivity contribution in [2.24, 2.45) is 0 Å². The van der Waals surface area contributed by atoms with E-state index in [-0.39, 0.29) is 12.5 Å². The smallest absolute Gasteiger partial charge is 0.247 e. The summed E-state index contributed by atoms with van der Waals surface area (Å²) in [6.07, 6.45) is 1.91. The number of aryl methyl sites for hydroxylation is 3. The number of rotatable bonds is 4. The van der Waals surface area contributed by atoms with Gasteiger partial charge in [0.05, 0.1) is 0 Å². The molecule has 136 valence electrons. The van der Waals surface area contributed by atoms with Crippen LogP contribution in [0.15, 0.2) is 53.1 Å². The summed E-state index contributed by atoms with van der Waals surface area (Å²) in [6, 6.07) is 13.9. The summed E-state index contributed by atoms with van der Waals surface area (Å²) in [6.45, 7) is 5.98. The quantitative estimate of drug-likeness (QED) is 0.590. The fourth-order valence-electron chi connectivity index (χ4n) is 3.08. The first-order chi connectivity index (χ1) is 13.0. The van der Waals surface area contributed by atoms with Crippen LogP contribution < -0.4 is 5.32 Å². The zero-order valence-electron chi connectivity index (χ0n) is 15.5. The van der Waals surface area contributed by atoms with E-state index in [1.807, 2.05) is 67.1 Å². The normalized spacial score (nSPS) is 11.1.